The molecule has 0 aromatic heterocycles. The Labute approximate surface area is 157 Å². The normalized spacial score (nSPS) is 15.8. The van der Waals surface area contributed by atoms with Crippen molar-refractivity contribution in [2.45, 2.75) is 32.2 Å². The fourth-order valence-electron chi connectivity index (χ4n) is 3.02. The van der Waals surface area contributed by atoms with Gasteiger partial charge in [0, 0.05) is 20.1 Å². The first kappa shape index (κ1) is 20.1. The second-order valence-corrected chi connectivity index (χ2v) is 6.12. The van der Waals surface area contributed by atoms with E-state index < -0.39 is 6.61 Å². The number of rotatable bonds is 5. The molecule has 0 fully saturated rings. The van der Waals surface area contributed by atoms with E-state index in [1.54, 1.807) is 24.1 Å². The highest BCUT2D eigenvalue weighted by atomic mass is 35.5. The van der Waals surface area contributed by atoms with Crippen molar-refractivity contribution in [2.24, 2.45) is 0 Å². The lowest BCUT2D eigenvalue weighted by Gasteiger charge is -2.29. The van der Waals surface area contributed by atoms with Gasteiger partial charge in [-0.2, -0.15) is 8.78 Å². The average molecular weight is 383 g/mol. The van der Waals surface area contributed by atoms with Gasteiger partial charge in [0.05, 0.1) is 6.04 Å². The Morgan fingerprint density at radius 3 is 2.50 bits per heavy atom. The second kappa shape index (κ2) is 8.96. The molecule has 4 nitrogen and oxygen atoms in total. The molecule has 1 aliphatic heterocycles. The van der Waals surface area contributed by atoms with Crippen LogP contribution in [0.2, 0.25) is 0 Å². The summed E-state index contributed by atoms with van der Waals surface area (Å²) in [7, 11) is 1.74. The molecule has 7 heteroatoms. The molecule has 2 aromatic rings. The molecule has 0 bridgehead atoms. The van der Waals surface area contributed by atoms with E-state index in [0.717, 1.165) is 5.56 Å². The molecular formula is C19H21ClF2N2O2. The molecule has 2 aromatic carbocycles. The Balaban J connectivity index is 0.00000243. The molecule has 1 N–H and O–H groups in total. The molecule has 0 spiro atoms. The monoisotopic (exact) mass is 382 g/mol. The zero-order valence-corrected chi connectivity index (χ0v) is 15.1. The largest absolute Gasteiger partial charge is 0.435 e. The van der Waals surface area contributed by atoms with Crippen LogP contribution in [0.5, 0.6) is 5.75 Å². The smallest absolute Gasteiger partial charge is 0.387 e. The number of alkyl halides is 2. The van der Waals surface area contributed by atoms with Crippen LogP contribution in [0.1, 0.15) is 16.7 Å². The summed E-state index contributed by atoms with van der Waals surface area (Å²) in [5.74, 6) is 0.126. The predicted octanol–water partition coefficient (Wildman–Crippen LogP) is 3.38. The van der Waals surface area contributed by atoms with Crippen molar-refractivity contribution < 1.29 is 18.3 Å². The number of halogens is 3. The van der Waals surface area contributed by atoms with Crippen LogP contribution in [0.4, 0.5) is 8.78 Å². The van der Waals surface area contributed by atoms with E-state index in [1.165, 1.54) is 23.3 Å². The Hall–Kier alpha value is -2.18. The van der Waals surface area contributed by atoms with E-state index in [0.29, 0.717) is 19.5 Å². The van der Waals surface area contributed by atoms with E-state index in [-0.39, 0.29) is 30.1 Å². The first-order valence-electron chi connectivity index (χ1n) is 8.12. The van der Waals surface area contributed by atoms with Gasteiger partial charge in [0.2, 0.25) is 5.91 Å². The topological polar surface area (TPSA) is 41.6 Å². The third kappa shape index (κ3) is 4.93. The van der Waals surface area contributed by atoms with E-state index >= 15 is 0 Å². The van der Waals surface area contributed by atoms with Crippen LogP contribution in [-0.2, 0) is 24.3 Å². The van der Waals surface area contributed by atoms with Crippen molar-refractivity contribution in [3.05, 3.63) is 65.2 Å². The minimum Gasteiger partial charge on any atom is -0.435 e. The van der Waals surface area contributed by atoms with Crippen LogP contribution in [0.15, 0.2) is 48.5 Å². The van der Waals surface area contributed by atoms with E-state index in [1.807, 2.05) is 12.1 Å². The van der Waals surface area contributed by atoms with Crippen LogP contribution in [0, 0.1) is 0 Å². The highest BCUT2D eigenvalue weighted by Crippen LogP contribution is 2.19. The lowest BCUT2D eigenvalue weighted by Crippen LogP contribution is -2.48. The zero-order valence-electron chi connectivity index (χ0n) is 14.3. The number of nitrogens with one attached hydrogen (secondary N) is 1. The first-order valence-corrected chi connectivity index (χ1v) is 8.12. The second-order valence-electron chi connectivity index (χ2n) is 6.12. The van der Waals surface area contributed by atoms with E-state index in [2.05, 4.69) is 22.2 Å². The minimum atomic E-state index is -2.84. The summed E-state index contributed by atoms with van der Waals surface area (Å²) in [6.45, 7) is -1.75. The number of hydrogen-bond acceptors (Lipinski definition) is 3. The van der Waals surface area contributed by atoms with Gasteiger partial charge >= 0.3 is 6.61 Å². The van der Waals surface area contributed by atoms with Gasteiger partial charge in [0.15, 0.2) is 0 Å². The maximum absolute atomic E-state index is 12.7. The fourth-order valence-corrected chi connectivity index (χ4v) is 3.02. The first-order chi connectivity index (χ1) is 12.0. The summed E-state index contributed by atoms with van der Waals surface area (Å²) < 4.78 is 28.7. The number of likely N-dealkylation sites (N-methyl/N-ethyl adjacent to an activating group) is 1. The summed E-state index contributed by atoms with van der Waals surface area (Å²) in [6, 6.07) is 14.2. The number of ether oxygens (including phenoxy) is 1. The molecule has 0 saturated heterocycles. The van der Waals surface area contributed by atoms with Gasteiger partial charge in [-0.1, -0.05) is 36.4 Å². The minimum absolute atomic E-state index is 0. The molecule has 26 heavy (non-hydrogen) atoms. The third-order valence-corrected chi connectivity index (χ3v) is 4.32. The molecule has 140 valence electrons. The van der Waals surface area contributed by atoms with Crippen LogP contribution in [-0.4, -0.2) is 30.5 Å². The highest BCUT2D eigenvalue weighted by molar-refractivity contribution is 5.85. The van der Waals surface area contributed by atoms with Crippen LogP contribution >= 0.6 is 12.4 Å². The summed E-state index contributed by atoms with van der Waals surface area (Å²) in [4.78, 5) is 14.3. The molecule has 0 aliphatic carbocycles. The number of amides is 1. The molecule has 0 saturated carbocycles. The van der Waals surface area contributed by atoms with Gasteiger partial charge in [-0.25, -0.2) is 0 Å². The number of hydrogen-bond donors (Lipinski definition) is 1. The average Bonchev–Trinajstić information content (AvgIpc) is 2.62. The zero-order chi connectivity index (χ0) is 17.8. The number of fused-ring (bicyclic) bond motifs is 1. The number of carbonyl (C=O) groups excluding carboxylic acids is 1. The van der Waals surface area contributed by atoms with Gasteiger partial charge in [0.25, 0.3) is 0 Å². The van der Waals surface area contributed by atoms with Crippen molar-refractivity contribution >= 4 is 18.3 Å². The van der Waals surface area contributed by atoms with Crippen LogP contribution in [0.25, 0.3) is 0 Å². The van der Waals surface area contributed by atoms with Crippen molar-refractivity contribution in [3.63, 3.8) is 0 Å². The van der Waals surface area contributed by atoms with Crippen molar-refractivity contribution in [3.8, 4) is 5.75 Å². The lowest BCUT2D eigenvalue weighted by molar-refractivity contribution is -0.132. The highest BCUT2D eigenvalue weighted by Gasteiger charge is 2.26. The molecule has 1 amide bonds. The Morgan fingerprint density at radius 1 is 1.19 bits per heavy atom. The van der Waals surface area contributed by atoms with Gasteiger partial charge in [-0.15, -0.1) is 12.4 Å². The molecule has 3 rings (SSSR count). The SMILES string of the molecule is CN(Cc1ccc(OC(F)F)cc1)C(=O)C1Cc2ccccc2CN1.Cl. The summed E-state index contributed by atoms with van der Waals surface area (Å²) in [5.41, 5.74) is 3.28. The van der Waals surface area contributed by atoms with Crippen LogP contribution < -0.4 is 10.1 Å². The quantitative estimate of drug-likeness (QED) is 0.862. The Bertz CT molecular complexity index is 741. The van der Waals surface area contributed by atoms with E-state index in [9.17, 15) is 13.6 Å². The molecule has 1 aliphatic rings. The van der Waals surface area contributed by atoms with Gasteiger partial charge in [-0.3, -0.25) is 4.79 Å². The third-order valence-electron chi connectivity index (χ3n) is 4.32. The van der Waals surface area contributed by atoms with Crippen molar-refractivity contribution in [1.82, 2.24) is 10.2 Å². The van der Waals surface area contributed by atoms with Crippen molar-refractivity contribution in [1.29, 1.82) is 0 Å². The number of nitrogens with zero attached hydrogens (tertiary/aromatic N) is 1. The Kier molecular flexibility index (Phi) is 6.94. The maximum atomic E-state index is 12.7. The van der Waals surface area contributed by atoms with E-state index in [4.69, 9.17) is 0 Å². The summed E-state index contributed by atoms with van der Waals surface area (Å²) in [5, 5.41) is 3.28. The molecule has 1 atom stereocenters. The van der Waals surface area contributed by atoms with Gasteiger partial charge < -0.3 is 15.0 Å². The van der Waals surface area contributed by atoms with Gasteiger partial charge in [-0.05, 0) is 35.2 Å². The predicted molar refractivity (Wildman–Crippen MR) is 97.6 cm³/mol. The molecule has 1 heterocycles. The van der Waals surface area contributed by atoms with Crippen LogP contribution in [0.3, 0.4) is 0 Å². The fraction of sp³-hybridized carbons (Fsp3) is 0.316. The van der Waals surface area contributed by atoms with Crippen molar-refractivity contribution in [2.75, 3.05) is 7.05 Å². The molecule has 0 radical (unpaired) electrons. The standard InChI is InChI=1S/C19H20F2N2O2.ClH/c1-23(12-13-6-8-16(9-7-13)25-19(20)21)18(24)17-10-14-4-2-3-5-15(14)11-22-17;/h2-9,17,19,22H,10-12H2,1H3;1H. The van der Waals surface area contributed by atoms with Gasteiger partial charge in [0.1, 0.15) is 5.75 Å². The summed E-state index contributed by atoms with van der Waals surface area (Å²) >= 11 is 0. The molecular weight excluding hydrogens is 362 g/mol. The summed E-state index contributed by atoms with van der Waals surface area (Å²) in [6.07, 6.45) is 0.667. The maximum Gasteiger partial charge on any atom is 0.387 e. The number of carbonyl (C=O) groups is 1. The Morgan fingerprint density at radius 2 is 1.85 bits per heavy atom. The lowest BCUT2D eigenvalue weighted by atomic mass is 9.95. The number of benzene rings is 2. The molecule has 1 unspecified atom stereocenters.